The molecule has 2 heterocycles. The average molecular weight is 462 g/mol. The van der Waals surface area contributed by atoms with E-state index >= 15 is 0 Å². The number of rotatable bonds is 5. The van der Waals surface area contributed by atoms with E-state index < -0.39 is 0 Å². The van der Waals surface area contributed by atoms with Crippen LogP contribution in [-0.4, -0.2) is 23.6 Å². The summed E-state index contributed by atoms with van der Waals surface area (Å²) in [5.41, 5.74) is 6.84. The van der Waals surface area contributed by atoms with Gasteiger partial charge in [-0.1, -0.05) is 63.2 Å². The Hall–Kier alpha value is -4.05. The van der Waals surface area contributed by atoms with Crippen molar-refractivity contribution >= 4 is 5.69 Å². The van der Waals surface area contributed by atoms with E-state index in [-0.39, 0.29) is 5.41 Å². The first-order valence-electron chi connectivity index (χ1n) is 12.0. The molecule has 0 radical (unpaired) electrons. The number of nitrogens with zero attached hydrogens (tertiary/aromatic N) is 3. The van der Waals surface area contributed by atoms with E-state index in [2.05, 4.69) is 110 Å². The van der Waals surface area contributed by atoms with Crippen molar-refractivity contribution in [2.75, 3.05) is 18.6 Å². The van der Waals surface area contributed by atoms with Crippen LogP contribution < -0.4 is 9.64 Å². The Morgan fingerprint density at radius 1 is 0.743 bits per heavy atom. The molecule has 176 valence electrons. The maximum absolute atomic E-state index is 6.24. The van der Waals surface area contributed by atoms with E-state index in [1.807, 2.05) is 36.5 Å². The number of pyridine rings is 1. The number of aromatic nitrogens is 1. The molecule has 0 fully saturated rings. The number of ether oxygens (including phenoxy) is 1. The predicted molar refractivity (Wildman–Crippen MR) is 145 cm³/mol. The Bertz CT molecular complexity index is 1370. The van der Waals surface area contributed by atoms with Crippen LogP contribution in [0.15, 0.2) is 104 Å². The van der Waals surface area contributed by atoms with E-state index in [0.29, 0.717) is 0 Å². The summed E-state index contributed by atoms with van der Waals surface area (Å²) in [6.07, 6.45) is 6.03. The van der Waals surface area contributed by atoms with Gasteiger partial charge in [-0.05, 0) is 58.5 Å². The quantitative estimate of drug-likeness (QED) is 0.305. The van der Waals surface area contributed by atoms with Gasteiger partial charge in [0.05, 0.1) is 12.4 Å². The van der Waals surface area contributed by atoms with E-state index in [1.165, 1.54) is 11.1 Å². The van der Waals surface area contributed by atoms with Gasteiger partial charge in [-0.3, -0.25) is 4.98 Å². The predicted octanol–water partition coefficient (Wildman–Crippen LogP) is 7.69. The normalized spacial score (nSPS) is 13.4. The SMILES string of the molecule is CN1C=CN(c2cccc(Oc3cccc(-c4cc(-c5cccc(C(C)(C)C)c5)ccn4)c3)c2)C1. The van der Waals surface area contributed by atoms with Crippen molar-refractivity contribution in [2.45, 2.75) is 26.2 Å². The first-order chi connectivity index (χ1) is 16.8. The molecule has 1 aromatic heterocycles. The smallest absolute Gasteiger partial charge is 0.129 e. The second kappa shape index (κ2) is 9.30. The van der Waals surface area contributed by atoms with E-state index in [9.17, 15) is 0 Å². The first-order valence-corrected chi connectivity index (χ1v) is 12.0. The summed E-state index contributed by atoms with van der Waals surface area (Å²) in [7, 11) is 2.06. The van der Waals surface area contributed by atoms with Gasteiger partial charge in [0.1, 0.15) is 11.5 Å². The highest BCUT2D eigenvalue weighted by molar-refractivity contribution is 5.71. The molecule has 4 aromatic rings. The van der Waals surface area contributed by atoms with Crippen LogP contribution >= 0.6 is 0 Å². The molecule has 0 amide bonds. The fourth-order valence-corrected chi connectivity index (χ4v) is 4.21. The lowest BCUT2D eigenvalue weighted by atomic mass is 9.85. The third-order valence-corrected chi connectivity index (χ3v) is 6.21. The molecule has 4 nitrogen and oxygen atoms in total. The van der Waals surface area contributed by atoms with Crippen LogP contribution in [0.3, 0.4) is 0 Å². The summed E-state index contributed by atoms with van der Waals surface area (Å²) < 4.78 is 6.24. The average Bonchev–Trinajstić information content (AvgIpc) is 3.30. The maximum atomic E-state index is 6.24. The molecule has 0 saturated carbocycles. The lowest BCUT2D eigenvalue weighted by Gasteiger charge is -2.20. The molecule has 5 rings (SSSR count). The highest BCUT2D eigenvalue weighted by Gasteiger charge is 2.15. The van der Waals surface area contributed by atoms with Crippen molar-refractivity contribution in [3.05, 3.63) is 109 Å². The number of benzene rings is 3. The summed E-state index contributed by atoms with van der Waals surface area (Å²) in [4.78, 5) is 8.98. The van der Waals surface area contributed by atoms with E-state index in [4.69, 9.17) is 4.74 Å². The summed E-state index contributed by atoms with van der Waals surface area (Å²) in [5, 5.41) is 0. The van der Waals surface area contributed by atoms with Crippen molar-refractivity contribution in [3.8, 4) is 33.9 Å². The van der Waals surface area contributed by atoms with Crippen LogP contribution in [0.25, 0.3) is 22.4 Å². The lowest BCUT2D eigenvalue weighted by Crippen LogP contribution is -2.21. The minimum absolute atomic E-state index is 0.107. The molecule has 0 N–H and O–H groups in total. The molecule has 0 spiro atoms. The van der Waals surface area contributed by atoms with Gasteiger partial charge in [0.15, 0.2) is 0 Å². The molecule has 0 aliphatic carbocycles. The molecule has 0 unspecified atom stereocenters. The van der Waals surface area contributed by atoms with Gasteiger partial charge >= 0.3 is 0 Å². The van der Waals surface area contributed by atoms with Crippen LogP contribution in [0.1, 0.15) is 26.3 Å². The largest absolute Gasteiger partial charge is 0.457 e. The zero-order valence-electron chi connectivity index (χ0n) is 20.8. The highest BCUT2D eigenvalue weighted by atomic mass is 16.5. The van der Waals surface area contributed by atoms with Crippen LogP contribution in [0.5, 0.6) is 11.5 Å². The van der Waals surface area contributed by atoms with Gasteiger partial charge in [0.2, 0.25) is 0 Å². The molecule has 3 aromatic carbocycles. The summed E-state index contributed by atoms with van der Waals surface area (Å²) in [6.45, 7) is 7.56. The topological polar surface area (TPSA) is 28.6 Å². The third kappa shape index (κ3) is 5.22. The van der Waals surface area contributed by atoms with Crippen LogP contribution in [-0.2, 0) is 5.41 Å². The fraction of sp³-hybridized carbons (Fsp3) is 0.194. The first kappa shape index (κ1) is 22.7. The number of anilines is 1. The Morgan fingerprint density at radius 3 is 2.23 bits per heavy atom. The summed E-state index contributed by atoms with van der Waals surface area (Å²) >= 11 is 0. The minimum atomic E-state index is 0.107. The van der Waals surface area contributed by atoms with Crippen molar-refractivity contribution in [3.63, 3.8) is 0 Å². The monoisotopic (exact) mass is 461 g/mol. The molecule has 0 bridgehead atoms. The molecular formula is C31H31N3O. The summed E-state index contributed by atoms with van der Waals surface area (Å²) in [6, 6.07) is 29.3. The molecule has 0 atom stereocenters. The Kier molecular flexibility index (Phi) is 6.04. The number of hydrogen-bond donors (Lipinski definition) is 0. The van der Waals surface area contributed by atoms with Gasteiger partial charge in [-0.15, -0.1) is 0 Å². The standard InChI is InChI=1S/C31H31N3O/c1-31(2,3)26-10-5-8-23(18-26)24-14-15-32-30(20-24)25-9-6-12-28(19-25)35-29-13-7-11-27(21-29)34-17-16-33(4)22-34/h5-21H,22H2,1-4H3. The molecule has 4 heteroatoms. The van der Waals surface area contributed by atoms with Gasteiger partial charge < -0.3 is 14.5 Å². The lowest BCUT2D eigenvalue weighted by molar-refractivity contribution is 0.481. The van der Waals surface area contributed by atoms with Gasteiger partial charge in [-0.2, -0.15) is 0 Å². The van der Waals surface area contributed by atoms with Crippen LogP contribution in [0, 0.1) is 0 Å². The second-order valence-electron chi connectivity index (χ2n) is 10.1. The molecule has 35 heavy (non-hydrogen) atoms. The zero-order valence-corrected chi connectivity index (χ0v) is 20.8. The highest BCUT2D eigenvalue weighted by Crippen LogP contribution is 2.32. The van der Waals surface area contributed by atoms with Crippen molar-refractivity contribution in [1.82, 2.24) is 9.88 Å². The van der Waals surface area contributed by atoms with Crippen LogP contribution in [0.2, 0.25) is 0 Å². The third-order valence-electron chi connectivity index (χ3n) is 6.21. The van der Waals surface area contributed by atoms with Crippen LogP contribution in [0.4, 0.5) is 5.69 Å². The number of hydrogen-bond acceptors (Lipinski definition) is 4. The maximum Gasteiger partial charge on any atom is 0.129 e. The Morgan fingerprint density at radius 2 is 1.46 bits per heavy atom. The minimum Gasteiger partial charge on any atom is -0.457 e. The van der Waals surface area contributed by atoms with Gasteiger partial charge in [0.25, 0.3) is 0 Å². The molecular weight excluding hydrogens is 430 g/mol. The molecule has 0 saturated heterocycles. The Labute approximate surface area is 208 Å². The molecule has 1 aliphatic heterocycles. The van der Waals surface area contributed by atoms with Gasteiger partial charge in [0, 0.05) is 43.0 Å². The molecule has 1 aliphatic rings. The van der Waals surface area contributed by atoms with E-state index in [0.717, 1.165) is 40.7 Å². The van der Waals surface area contributed by atoms with Gasteiger partial charge in [-0.25, -0.2) is 0 Å². The van der Waals surface area contributed by atoms with Crippen molar-refractivity contribution in [2.24, 2.45) is 0 Å². The van der Waals surface area contributed by atoms with Crippen molar-refractivity contribution in [1.29, 1.82) is 0 Å². The van der Waals surface area contributed by atoms with E-state index in [1.54, 1.807) is 0 Å². The fourth-order valence-electron chi connectivity index (χ4n) is 4.21. The second-order valence-corrected chi connectivity index (χ2v) is 10.1. The Balaban J connectivity index is 1.39. The zero-order chi connectivity index (χ0) is 24.4. The summed E-state index contributed by atoms with van der Waals surface area (Å²) in [5.74, 6) is 1.60. The van der Waals surface area contributed by atoms with Crippen molar-refractivity contribution < 1.29 is 4.74 Å².